The number of hydrogen-bond acceptors (Lipinski definition) is 4. The summed E-state index contributed by atoms with van der Waals surface area (Å²) in [6.07, 6.45) is 4.55. The zero-order valence-corrected chi connectivity index (χ0v) is 15.7. The summed E-state index contributed by atoms with van der Waals surface area (Å²) < 4.78 is 1.78. The summed E-state index contributed by atoms with van der Waals surface area (Å²) in [4.78, 5) is 20.7. The molecule has 0 unspecified atom stereocenters. The number of carbonyl (C=O) groups excluding carboxylic acids is 1. The van der Waals surface area contributed by atoms with Crippen LogP contribution in [0.4, 0.5) is 0 Å². The molecule has 3 aromatic rings. The fraction of sp³-hybridized carbons (Fsp3) is 0.350. The van der Waals surface area contributed by atoms with E-state index in [1.165, 1.54) is 12.8 Å². The molecule has 1 saturated carbocycles. The molecular formula is C20H22N4OS. The van der Waals surface area contributed by atoms with Gasteiger partial charge in [0.25, 0.3) is 5.91 Å². The van der Waals surface area contributed by atoms with Gasteiger partial charge in [0, 0.05) is 12.6 Å². The van der Waals surface area contributed by atoms with Crippen LogP contribution in [0.25, 0.3) is 16.4 Å². The van der Waals surface area contributed by atoms with Crippen LogP contribution >= 0.6 is 11.3 Å². The molecular weight excluding hydrogens is 344 g/mol. The van der Waals surface area contributed by atoms with E-state index in [0.717, 1.165) is 29.2 Å². The van der Waals surface area contributed by atoms with E-state index >= 15 is 0 Å². The Morgan fingerprint density at radius 3 is 2.62 bits per heavy atom. The van der Waals surface area contributed by atoms with E-state index in [1.807, 2.05) is 59.7 Å². The summed E-state index contributed by atoms with van der Waals surface area (Å²) in [6.45, 7) is 2.72. The van der Waals surface area contributed by atoms with Crippen LogP contribution in [0, 0.1) is 0 Å². The molecule has 4 rings (SSSR count). The molecule has 1 aromatic carbocycles. The molecule has 26 heavy (non-hydrogen) atoms. The van der Waals surface area contributed by atoms with Gasteiger partial charge < -0.3 is 4.90 Å². The second-order valence-corrected chi connectivity index (χ2v) is 7.46. The summed E-state index contributed by atoms with van der Waals surface area (Å²) in [5, 5.41) is 6.61. The molecule has 134 valence electrons. The number of nitrogens with zero attached hydrogens (tertiary/aromatic N) is 4. The van der Waals surface area contributed by atoms with Crippen molar-refractivity contribution in [2.75, 3.05) is 6.54 Å². The maximum atomic E-state index is 13.1. The molecule has 0 saturated heterocycles. The molecule has 0 atom stereocenters. The lowest BCUT2D eigenvalue weighted by molar-refractivity contribution is 0.0681. The Bertz CT molecular complexity index is 867. The Hall–Kier alpha value is -2.47. The van der Waals surface area contributed by atoms with Crippen LogP contribution in [-0.4, -0.2) is 38.2 Å². The Morgan fingerprint density at radius 2 is 1.96 bits per heavy atom. The number of para-hydroxylation sites is 1. The van der Waals surface area contributed by atoms with E-state index in [9.17, 15) is 4.79 Å². The molecule has 0 spiro atoms. The molecule has 5 nitrogen and oxygen atoms in total. The number of benzene rings is 1. The molecule has 6 heteroatoms. The first-order valence-corrected chi connectivity index (χ1v) is 10.0. The van der Waals surface area contributed by atoms with E-state index < -0.39 is 0 Å². The topological polar surface area (TPSA) is 51.0 Å². The minimum absolute atomic E-state index is 0.0631. The van der Waals surface area contributed by atoms with Crippen LogP contribution in [0.3, 0.4) is 0 Å². The van der Waals surface area contributed by atoms with Crippen LogP contribution in [0.5, 0.6) is 0 Å². The van der Waals surface area contributed by atoms with Gasteiger partial charge in [0.15, 0.2) is 5.82 Å². The maximum absolute atomic E-state index is 13.1. The smallest absolute Gasteiger partial charge is 0.293 e. The lowest BCUT2D eigenvalue weighted by Crippen LogP contribution is -2.39. The first-order chi connectivity index (χ1) is 12.8. The van der Waals surface area contributed by atoms with Crippen molar-refractivity contribution in [2.45, 2.75) is 38.6 Å². The first kappa shape index (κ1) is 17.0. The zero-order valence-electron chi connectivity index (χ0n) is 14.8. The largest absolute Gasteiger partial charge is 0.333 e. The predicted octanol–water partition coefficient (Wildman–Crippen LogP) is 4.40. The third-order valence-corrected chi connectivity index (χ3v) is 5.77. The van der Waals surface area contributed by atoms with Crippen molar-refractivity contribution in [3.8, 4) is 16.4 Å². The van der Waals surface area contributed by atoms with Gasteiger partial charge >= 0.3 is 0 Å². The Labute approximate surface area is 157 Å². The second kappa shape index (κ2) is 7.41. The average Bonchev–Trinajstić information content (AvgIpc) is 3.43. The SMILES string of the molecule is CCN(C(=O)c1nc(-c2cccs2)n(-c2ccccc2)n1)C1CCCC1. The van der Waals surface area contributed by atoms with E-state index in [-0.39, 0.29) is 11.7 Å². The minimum atomic E-state index is -0.0631. The van der Waals surface area contributed by atoms with Crippen LogP contribution in [0.15, 0.2) is 47.8 Å². The lowest BCUT2D eigenvalue weighted by atomic mass is 10.2. The third-order valence-electron chi connectivity index (χ3n) is 4.91. The Morgan fingerprint density at radius 1 is 1.19 bits per heavy atom. The van der Waals surface area contributed by atoms with Gasteiger partial charge in [-0.2, -0.15) is 0 Å². The molecule has 0 N–H and O–H groups in total. The number of thiophene rings is 1. The lowest BCUT2D eigenvalue weighted by Gasteiger charge is -2.26. The van der Waals surface area contributed by atoms with Gasteiger partial charge in [-0.3, -0.25) is 4.79 Å². The molecule has 1 fully saturated rings. The van der Waals surface area contributed by atoms with Gasteiger partial charge in [-0.05, 0) is 43.3 Å². The van der Waals surface area contributed by atoms with Crippen LogP contribution in [0.1, 0.15) is 43.2 Å². The first-order valence-electron chi connectivity index (χ1n) is 9.15. The van der Waals surface area contributed by atoms with Gasteiger partial charge in [-0.25, -0.2) is 9.67 Å². The van der Waals surface area contributed by atoms with Gasteiger partial charge in [0.1, 0.15) is 0 Å². The number of amides is 1. The molecule has 1 aliphatic carbocycles. The van der Waals surface area contributed by atoms with Gasteiger partial charge in [0.05, 0.1) is 10.6 Å². The number of carbonyl (C=O) groups is 1. The van der Waals surface area contributed by atoms with Crippen LogP contribution in [0.2, 0.25) is 0 Å². The summed E-state index contributed by atoms with van der Waals surface area (Å²) in [5.41, 5.74) is 0.909. The van der Waals surface area contributed by atoms with Crippen molar-refractivity contribution in [3.05, 3.63) is 53.7 Å². The summed E-state index contributed by atoms with van der Waals surface area (Å²) in [5.74, 6) is 0.940. The van der Waals surface area contributed by atoms with Crippen LogP contribution < -0.4 is 0 Å². The van der Waals surface area contributed by atoms with Gasteiger partial charge in [-0.15, -0.1) is 16.4 Å². The Balaban J connectivity index is 1.74. The van der Waals surface area contributed by atoms with Crippen LogP contribution in [-0.2, 0) is 0 Å². The van der Waals surface area contributed by atoms with Crippen molar-refractivity contribution in [1.82, 2.24) is 19.7 Å². The highest BCUT2D eigenvalue weighted by molar-refractivity contribution is 7.13. The monoisotopic (exact) mass is 366 g/mol. The van der Waals surface area contributed by atoms with Crippen molar-refractivity contribution in [3.63, 3.8) is 0 Å². The quantitative estimate of drug-likeness (QED) is 0.672. The van der Waals surface area contributed by atoms with Gasteiger partial charge in [0.2, 0.25) is 5.82 Å². The fourth-order valence-electron chi connectivity index (χ4n) is 3.63. The number of hydrogen-bond donors (Lipinski definition) is 0. The van der Waals surface area contributed by atoms with Crippen molar-refractivity contribution in [1.29, 1.82) is 0 Å². The standard InChI is InChI=1S/C20H22N4OS/c1-2-23(15-9-6-7-10-15)20(25)18-21-19(17-13-8-14-26-17)24(22-18)16-11-4-3-5-12-16/h3-5,8,11-15H,2,6-7,9-10H2,1H3. The third kappa shape index (κ3) is 3.17. The van der Waals surface area contributed by atoms with Crippen molar-refractivity contribution >= 4 is 17.2 Å². The summed E-state index contributed by atoms with van der Waals surface area (Å²) in [6, 6.07) is 14.2. The van der Waals surface area contributed by atoms with Crippen molar-refractivity contribution in [2.24, 2.45) is 0 Å². The minimum Gasteiger partial charge on any atom is -0.333 e. The molecule has 1 amide bonds. The highest BCUT2D eigenvalue weighted by Gasteiger charge is 2.29. The van der Waals surface area contributed by atoms with E-state index in [4.69, 9.17) is 0 Å². The predicted molar refractivity (Wildman–Crippen MR) is 104 cm³/mol. The average molecular weight is 366 g/mol. The zero-order chi connectivity index (χ0) is 17.9. The molecule has 2 aromatic heterocycles. The highest BCUT2D eigenvalue weighted by Crippen LogP contribution is 2.27. The molecule has 1 aliphatic rings. The van der Waals surface area contributed by atoms with E-state index in [2.05, 4.69) is 10.1 Å². The molecule has 0 radical (unpaired) electrons. The van der Waals surface area contributed by atoms with E-state index in [0.29, 0.717) is 12.6 Å². The fourth-order valence-corrected chi connectivity index (χ4v) is 4.33. The van der Waals surface area contributed by atoms with Gasteiger partial charge in [-0.1, -0.05) is 37.1 Å². The van der Waals surface area contributed by atoms with Crippen molar-refractivity contribution < 1.29 is 4.79 Å². The number of aromatic nitrogens is 3. The number of rotatable bonds is 5. The molecule has 0 aliphatic heterocycles. The molecule has 2 heterocycles. The molecule has 0 bridgehead atoms. The normalized spacial score (nSPS) is 14.7. The summed E-state index contributed by atoms with van der Waals surface area (Å²) in [7, 11) is 0. The Kier molecular flexibility index (Phi) is 4.84. The maximum Gasteiger partial charge on any atom is 0.293 e. The second-order valence-electron chi connectivity index (χ2n) is 6.51. The highest BCUT2D eigenvalue weighted by atomic mass is 32.1. The summed E-state index contributed by atoms with van der Waals surface area (Å²) >= 11 is 1.60. The van der Waals surface area contributed by atoms with E-state index in [1.54, 1.807) is 16.0 Å².